The van der Waals surface area contributed by atoms with Crippen LogP contribution in [0.25, 0.3) is 0 Å². The molecule has 1 rings (SSSR count). The van der Waals surface area contributed by atoms with E-state index in [-0.39, 0.29) is 0 Å². The van der Waals surface area contributed by atoms with Crippen LogP contribution in [0.3, 0.4) is 0 Å². The lowest BCUT2D eigenvalue weighted by Crippen LogP contribution is -2.40. The van der Waals surface area contributed by atoms with Crippen molar-refractivity contribution in [2.75, 3.05) is 13.7 Å². The van der Waals surface area contributed by atoms with Crippen molar-refractivity contribution in [3.05, 3.63) is 29.8 Å². The molecular weight excluding hydrogens is 164 g/mol. The molecule has 0 amide bonds. The Hall–Kier alpha value is -1.06. The number of ether oxygens (including phenoxy) is 1. The first-order valence-corrected chi connectivity index (χ1v) is 4.23. The molecule has 1 aromatic rings. The molecule has 1 unspecified atom stereocenters. The van der Waals surface area contributed by atoms with E-state index in [0.717, 1.165) is 11.3 Å². The van der Waals surface area contributed by atoms with E-state index in [1.807, 2.05) is 31.2 Å². The van der Waals surface area contributed by atoms with Crippen LogP contribution in [0, 0.1) is 0 Å². The van der Waals surface area contributed by atoms with Gasteiger partial charge < -0.3 is 16.2 Å². The summed E-state index contributed by atoms with van der Waals surface area (Å²) in [7, 11) is 1.63. The van der Waals surface area contributed by atoms with E-state index >= 15 is 0 Å². The lowest BCUT2D eigenvalue weighted by molar-refractivity contribution is 0.411. The molecule has 0 spiro atoms. The van der Waals surface area contributed by atoms with E-state index in [1.54, 1.807) is 7.11 Å². The van der Waals surface area contributed by atoms with Gasteiger partial charge in [0.15, 0.2) is 0 Å². The monoisotopic (exact) mass is 180 g/mol. The third-order valence-electron chi connectivity index (χ3n) is 2.15. The first-order valence-electron chi connectivity index (χ1n) is 4.23. The van der Waals surface area contributed by atoms with E-state index in [1.165, 1.54) is 0 Å². The molecule has 3 heteroatoms. The Balaban J connectivity index is 3.01. The zero-order valence-electron chi connectivity index (χ0n) is 8.08. The van der Waals surface area contributed by atoms with Gasteiger partial charge in [0.1, 0.15) is 5.75 Å². The molecule has 0 aliphatic carbocycles. The molecule has 0 aliphatic heterocycles. The maximum absolute atomic E-state index is 5.98. The van der Waals surface area contributed by atoms with Crippen LogP contribution in [-0.4, -0.2) is 13.7 Å². The summed E-state index contributed by atoms with van der Waals surface area (Å²) in [5, 5.41) is 0. The molecule has 13 heavy (non-hydrogen) atoms. The first-order chi connectivity index (χ1) is 6.10. The molecule has 0 heterocycles. The van der Waals surface area contributed by atoms with E-state index in [4.69, 9.17) is 16.2 Å². The molecule has 4 N–H and O–H groups in total. The van der Waals surface area contributed by atoms with Crippen LogP contribution in [-0.2, 0) is 5.54 Å². The van der Waals surface area contributed by atoms with E-state index in [9.17, 15) is 0 Å². The molecule has 0 bridgehead atoms. The van der Waals surface area contributed by atoms with Crippen molar-refractivity contribution in [2.24, 2.45) is 11.5 Å². The van der Waals surface area contributed by atoms with Crippen molar-refractivity contribution in [2.45, 2.75) is 12.5 Å². The van der Waals surface area contributed by atoms with E-state index in [0.29, 0.717) is 6.54 Å². The summed E-state index contributed by atoms with van der Waals surface area (Å²) in [5.74, 6) is 0.808. The minimum absolute atomic E-state index is 0.417. The van der Waals surface area contributed by atoms with Gasteiger partial charge >= 0.3 is 0 Å². The highest BCUT2D eigenvalue weighted by molar-refractivity contribution is 5.32. The lowest BCUT2D eigenvalue weighted by atomic mass is 9.93. The van der Waals surface area contributed by atoms with Crippen molar-refractivity contribution in [3.8, 4) is 5.75 Å². The molecule has 0 aromatic heterocycles. The smallest absolute Gasteiger partial charge is 0.119 e. The average molecular weight is 180 g/mol. The second-order valence-corrected chi connectivity index (χ2v) is 3.35. The summed E-state index contributed by atoms with van der Waals surface area (Å²) in [5.41, 5.74) is 12.1. The molecular formula is C10H16N2O. The van der Waals surface area contributed by atoms with Crippen LogP contribution in [0.15, 0.2) is 24.3 Å². The Morgan fingerprint density at radius 1 is 1.46 bits per heavy atom. The average Bonchev–Trinajstić information content (AvgIpc) is 2.18. The number of hydrogen-bond acceptors (Lipinski definition) is 3. The molecule has 0 saturated heterocycles. The van der Waals surface area contributed by atoms with Gasteiger partial charge in [-0.3, -0.25) is 0 Å². The largest absolute Gasteiger partial charge is 0.497 e. The number of rotatable bonds is 3. The van der Waals surface area contributed by atoms with E-state index in [2.05, 4.69) is 0 Å². The zero-order chi connectivity index (χ0) is 9.90. The Morgan fingerprint density at radius 3 is 2.69 bits per heavy atom. The summed E-state index contributed by atoms with van der Waals surface area (Å²) in [6, 6.07) is 7.66. The van der Waals surface area contributed by atoms with E-state index < -0.39 is 5.54 Å². The van der Waals surface area contributed by atoms with Gasteiger partial charge in [0.25, 0.3) is 0 Å². The zero-order valence-corrected chi connectivity index (χ0v) is 8.08. The molecule has 1 atom stereocenters. The van der Waals surface area contributed by atoms with Crippen LogP contribution < -0.4 is 16.2 Å². The number of nitrogens with two attached hydrogens (primary N) is 2. The summed E-state index contributed by atoms with van der Waals surface area (Å²) >= 11 is 0. The highest BCUT2D eigenvalue weighted by atomic mass is 16.5. The maximum Gasteiger partial charge on any atom is 0.119 e. The van der Waals surface area contributed by atoms with Crippen molar-refractivity contribution < 1.29 is 4.74 Å². The normalized spacial score (nSPS) is 15.1. The Labute approximate surface area is 78.7 Å². The SMILES string of the molecule is COc1cccc(C(C)(N)CN)c1. The van der Waals surface area contributed by atoms with Crippen LogP contribution in [0.5, 0.6) is 5.75 Å². The van der Waals surface area contributed by atoms with Crippen molar-refractivity contribution in [1.82, 2.24) is 0 Å². The Bertz CT molecular complexity index is 284. The summed E-state index contributed by atoms with van der Waals surface area (Å²) in [6.45, 7) is 2.32. The molecule has 72 valence electrons. The third-order valence-corrected chi connectivity index (χ3v) is 2.15. The second-order valence-electron chi connectivity index (χ2n) is 3.35. The highest BCUT2D eigenvalue weighted by Crippen LogP contribution is 2.20. The quantitative estimate of drug-likeness (QED) is 0.724. The first kappa shape index (κ1) is 10.0. The topological polar surface area (TPSA) is 61.3 Å². The molecule has 0 aliphatic rings. The molecule has 1 aromatic carbocycles. The fraction of sp³-hybridized carbons (Fsp3) is 0.400. The summed E-state index contributed by atoms with van der Waals surface area (Å²) in [4.78, 5) is 0. The standard InChI is InChI=1S/C10H16N2O/c1-10(12,7-11)8-4-3-5-9(6-8)13-2/h3-6H,7,11-12H2,1-2H3. The van der Waals surface area contributed by atoms with Crippen LogP contribution in [0.1, 0.15) is 12.5 Å². The summed E-state index contributed by atoms with van der Waals surface area (Å²) in [6.07, 6.45) is 0. The van der Waals surface area contributed by atoms with Gasteiger partial charge in [0, 0.05) is 6.54 Å². The Morgan fingerprint density at radius 2 is 2.15 bits per heavy atom. The number of methoxy groups -OCH3 is 1. The number of hydrogen-bond donors (Lipinski definition) is 2. The molecule has 0 radical (unpaired) electrons. The highest BCUT2D eigenvalue weighted by Gasteiger charge is 2.18. The fourth-order valence-corrected chi connectivity index (χ4v) is 1.10. The van der Waals surface area contributed by atoms with Gasteiger partial charge in [0.2, 0.25) is 0 Å². The fourth-order valence-electron chi connectivity index (χ4n) is 1.10. The minimum Gasteiger partial charge on any atom is -0.497 e. The van der Waals surface area contributed by atoms with Crippen molar-refractivity contribution in [3.63, 3.8) is 0 Å². The van der Waals surface area contributed by atoms with Gasteiger partial charge in [0.05, 0.1) is 12.6 Å². The van der Waals surface area contributed by atoms with Gasteiger partial charge in [-0.2, -0.15) is 0 Å². The second kappa shape index (κ2) is 3.77. The Kier molecular flexibility index (Phi) is 2.90. The molecule has 0 fully saturated rings. The maximum atomic E-state index is 5.98. The van der Waals surface area contributed by atoms with Gasteiger partial charge in [-0.25, -0.2) is 0 Å². The number of benzene rings is 1. The third kappa shape index (κ3) is 2.20. The van der Waals surface area contributed by atoms with Crippen LogP contribution in [0.2, 0.25) is 0 Å². The van der Waals surface area contributed by atoms with Crippen molar-refractivity contribution >= 4 is 0 Å². The predicted molar refractivity (Wildman–Crippen MR) is 53.6 cm³/mol. The predicted octanol–water partition coefficient (Wildman–Crippen LogP) is 0.828. The molecule has 0 saturated carbocycles. The lowest BCUT2D eigenvalue weighted by Gasteiger charge is -2.23. The van der Waals surface area contributed by atoms with Gasteiger partial charge in [-0.05, 0) is 24.6 Å². The van der Waals surface area contributed by atoms with Crippen molar-refractivity contribution in [1.29, 1.82) is 0 Å². The molecule has 3 nitrogen and oxygen atoms in total. The van der Waals surface area contributed by atoms with Crippen LogP contribution in [0.4, 0.5) is 0 Å². The van der Waals surface area contributed by atoms with Crippen LogP contribution >= 0.6 is 0 Å². The van der Waals surface area contributed by atoms with Gasteiger partial charge in [-0.15, -0.1) is 0 Å². The minimum atomic E-state index is -0.478. The van der Waals surface area contributed by atoms with Gasteiger partial charge in [-0.1, -0.05) is 12.1 Å². The summed E-state index contributed by atoms with van der Waals surface area (Å²) < 4.78 is 5.10.